The van der Waals surface area contributed by atoms with Gasteiger partial charge < -0.3 is 29.4 Å². The summed E-state index contributed by atoms with van der Waals surface area (Å²) in [6.07, 6.45) is 5.11. The Hall–Kier alpha value is -4.21. The Kier molecular flexibility index (Phi) is 12.1. The summed E-state index contributed by atoms with van der Waals surface area (Å²) in [6.45, 7) is -0.354. The summed E-state index contributed by atoms with van der Waals surface area (Å²) in [5.74, 6) is -3.41. The van der Waals surface area contributed by atoms with Gasteiger partial charge in [0.25, 0.3) is 5.91 Å². The van der Waals surface area contributed by atoms with Crippen LogP contribution in [0.3, 0.4) is 0 Å². The first kappa shape index (κ1) is 31.7. The van der Waals surface area contributed by atoms with Crippen LogP contribution in [0.4, 0.5) is 0 Å². The highest BCUT2D eigenvalue weighted by Gasteiger charge is 2.36. The van der Waals surface area contributed by atoms with E-state index in [4.69, 9.17) is 19.0 Å². The molecule has 0 saturated carbocycles. The Morgan fingerprint density at radius 1 is 0.721 bits per heavy atom. The Labute approximate surface area is 250 Å². The molecule has 43 heavy (non-hydrogen) atoms. The van der Waals surface area contributed by atoms with Gasteiger partial charge in [-0.2, -0.15) is 0 Å². The van der Waals surface area contributed by atoms with Gasteiger partial charge in [-0.3, -0.25) is 4.79 Å². The van der Waals surface area contributed by atoms with Crippen molar-refractivity contribution in [2.75, 3.05) is 19.8 Å². The monoisotopic (exact) mass is 589 g/mol. The van der Waals surface area contributed by atoms with E-state index in [1.54, 1.807) is 6.26 Å². The number of aliphatic carboxylic acids is 2. The Balaban J connectivity index is 1.20. The highest BCUT2D eigenvalue weighted by Crippen LogP contribution is 2.19. The molecule has 3 N–H and O–H groups in total. The summed E-state index contributed by atoms with van der Waals surface area (Å²) in [5, 5.41) is 24.9. The lowest BCUT2D eigenvalue weighted by Crippen LogP contribution is -2.49. The molecule has 2 unspecified atom stereocenters. The van der Waals surface area contributed by atoms with E-state index in [0.717, 1.165) is 49.5 Å². The number of aryl methyl sites for hydroxylation is 2. The van der Waals surface area contributed by atoms with Crippen LogP contribution in [0.5, 0.6) is 0 Å². The minimum absolute atomic E-state index is 0.144. The van der Waals surface area contributed by atoms with E-state index < -0.39 is 36.7 Å². The first-order chi connectivity index (χ1) is 20.9. The molecule has 1 amide bonds. The van der Waals surface area contributed by atoms with Crippen molar-refractivity contribution in [2.45, 2.75) is 63.6 Å². The van der Waals surface area contributed by atoms with Gasteiger partial charge in [0, 0.05) is 18.5 Å². The summed E-state index contributed by atoms with van der Waals surface area (Å²) in [5.41, 5.74) is 3.30. The molecule has 228 valence electrons. The molecule has 0 fully saturated rings. The van der Waals surface area contributed by atoms with Gasteiger partial charge in [-0.25, -0.2) is 9.59 Å². The van der Waals surface area contributed by atoms with Crippen molar-refractivity contribution >= 4 is 39.6 Å². The van der Waals surface area contributed by atoms with E-state index in [1.807, 2.05) is 30.3 Å². The van der Waals surface area contributed by atoms with Gasteiger partial charge in [-0.15, -0.1) is 0 Å². The predicted octanol–water partition coefficient (Wildman–Crippen LogP) is 5.77. The van der Waals surface area contributed by atoms with Gasteiger partial charge >= 0.3 is 11.9 Å². The fourth-order valence-electron chi connectivity index (χ4n) is 5.08. The molecule has 1 aromatic heterocycles. The van der Waals surface area contributed by atoms with Crippen LogP contribution in [0.2, 0.25) is 0 Å². The zero-order valence-electron chi connectivity index (χ0n) is 24.2. The van der Waals surface area contributed by atoms with E-state index in [2.05, 4.69) is 41.7 Å². The summed E-state index contributed by atoms with van der Waals surface area (Å²) in [7, 11) is 0. The van der Waals surface area contributed by atoms with Crippen molar-refractivity contribution in [3.63, 3.8) is 0 Å². The number of furan rings is 1. The molecular formula is C34H39NO8. The second-order valence-corrected chi connectivity index (χ2v) is 10.6. The molecule has 0 aliphatic carbocycles. The molecule has 0 bridgehead atoms. The second-order valence-electron chi connectivity index (χ2n) is 10.6. The molecule has 0 saturated heterocycles. The van der Waals surface area contributed by atoms with Crippen LogP contribution in [0, 0.1) is 0 Å². The number of rotatable bonds is 19. The minimum atomic E-state index is -1.73. The maximum atomic E-state index is 13.0. The van der Waals surface area contributed by atoms with E-state index in [0.29, 0.717) is 19.4 Å². The Bertz CT molecular complexity index is 1500. The fraction of sp³-hybridized carbons (Fsp3) is 0.382. The lowest BCUT2D eigenvalue weighted by Gasteiger charge is -2.23. The first-order valence-corrected chi connectivity index (χ1v) is 14.8. The van der Waals surface area contributed by atoms with Crippen molar-refractivity contribution in [3.8, 4) is 0 Å². The van der Waals surface area contributed by atoms with E-state index >= 15 is 0 Å². The molecule has 2 atom stereocenters. The maximum absolute atomic E-state index is 13.0. The molecule has 1 heterocycles. The van der Waals surface area contributed by atoms with E-state index in [9.17, 15) is 19.5 Å². The lowest BCUT2D eigenvalue weighted by molar-refractivity contribution is -0.172. The smallest absolute Gasteiger partial charge is 0.336 e. The van der Waals surface area contributed by atoms with Crippen molar-refractivity contribution in [3.05, 3.63) is 84.1 Å². The number of carbonyl (C=O) groups is 3. The lowest BCUT2D eigenvalue weighted by atomic mass is 10.0. The SMILES string of the molecule is O=C(O)COC(C(=O)O)C(OCCCCCc1ccc2occc2c1)C(=O)NCCCCCc1ccc2ccccc2c1. The van der Waals surface area contributed by atoms with Crippen molar-refractivity contribution in [1.82, 2.24) is 5.32 Å². The maximum Gasteiger partial charge on any atom is 0.336 e. The van der Waals surface area contributed by atoms with E-state index in [1.165, 1.54) is 21.9 Å². The zero-order chi connectivity index (χ0) is 30.4. The Morgan fingerprint density at radius 2 is 1.42 bits per heavy atom. The second kappa shape index (κ2) is 16.4. The number of fused-ring (bicyclic) bond motifs is 2. The number of carboxylic acids is 2. The molecule has 0 spiro atoms. The van der Waals surface area contributed by atoms with Crippen LogP contribution < -0.4 is 5.32 Å². The molecule has 9 nitrogen and oxygen atoms in total. The highest BCUT2D eigenvalue weighted by atomic mass is 16.6. The van der Waals surface area contributed by atoms with Crippen molar-refractivity contribution in [1.29, 1.82) is 0 Å². The topological polar surface area (TPSA) is 135 Å². The third-order valence-corrected chi connectivity index (χ3v) is 7.34. The Morgan fingerprint density at radius 3 is 2.16 bits per heavy atom. The summed E-state index contributed by atoms with van der Waals surface area (Å²) >= 11 is 0. The summed E-state index contributed by atoms with van der Waals surface area (Å²) < 4.78 is 16.1. The third kappa shape index (κ3) is 9.94. The average Bonchev–Trinajstić information content (AvgIpc) is 3.47. The number of ether oxygens (including phenoxy) is 2. The first-order valence-electron chi connectivity index (χ1n) is 14.8. The number of unbranched alkanes of at least 4 members (excludes halogenated alkanes) is 4. The number of nitrogens with one attached hydrogen (secondary N) is 1. The predicted molar refractivity (Wildman–Crippen MR) is 163 cm³/mol. The van der Waals surface area contributed by atoms with Crippen LogP contribution in [-0.2, 0) is 36.7 Å². The quantitative estimate of drug-likeness (QED) is 0.117. The van der Waals surface area contributed by atoms with Crippen LogP contribution in [0.15, 0.2) is 77.4 Å². The number of hydrogen-bond acceptors (Lipinski definition) is 6. The van der Waals surface area contributed by atoms with Gasteiger partial charge in [0.15, 0.2) is 12.2 Å². The largest absolute Gasteiger partial charge is 0.480 e. The number of benzene rings is 3. The fourth-order valence-corrected chi connectivity index (χ4v) is 5.08. The summed E-state index contributed by atoms with van der Waals surface area (Å²) in [4.78, 5) is 35.8. The minimum Gasteiger partial charge on any atom is -0.480 e. The number of carbonyl (C=O) groups excluding carboxylic acids is 1. The van der Waals surface area contributed by atoms with Crippen LogP contribution in [-0.4, -0.2) is 60.0 Å². The average molecular weight is 590 g/mol. The van der Waals surface area contributed by atoms with E-state index in [-0.39, 0.29) is 6.61 Å². The van der Waals surface area contributed by atoms with Gasteiger partial charge in [0.05, 0.1) is 6.26 Å². The zero-order valence-corrected chi connectivity index (χ0v) is 24.2. The summed E-state index contributed by atoms with van der Waals surface area (Å²) in [6, 6.07) is 22.7. The number of amides is 1. The van der Waals surface area contributed by atoms with Crippen molar-refractivity contribution in [2.24, 2.45) is 0 Å². The standard InChI is InChI=1S/C34H39NO8/c36-30(37)23-43-32(34(39)40)31(42-19-8-2-4-10-25-14-16-29-28(22-25)17-20-41-29)33(38)35-18-7-1-3-9-24-13-15-26-11-5-6-12-27(26)21-24/h5-6,11-17,20-22,31-32H,1-4,7-10,18-19,23H2,(H,35,38)(H,36,37)(H,39,40). The molecule has 0 aliphatic heterocycles. The van der Waals surface area contributed by atoms with Gasteiger partial charge in [0.1, 0.15) is 12.2 Å². The highest BCUT2D eigenvalue weighted by molar-refractivity contribution is 5.88. The molecule has 9 heteroatoms. The molecule has 4 rings (SSSR count). The molecule has 4 aromatic rings. The normalized spacial score (nSPS) is 12.7. The number of hydrogen-bond donors (Lipinski definition) is 3. The molecule has 3 aromatic carbocycles. The molecular weight excluding hydrogens is 550 g/mol. The van der Waals surface area contributed by atoms with Crippen molar-refractivity contribution < 1.29 is 38.5 Å². The number of carboxylic acid groups (broad SMARTS) is 2. The van der Waals surface area contributed by atoms with Crippen LogP contribution >= 0.6 is 0 Å². The van der Waals surface area contributed by atoms with Crippen LogP contribution in [0.1, 0.15) is 49.7 Å². The van der Waals surface area contributed by atoms with Crippen LogP contribution in [0.25, 0.3) is 21.7 Å². The van der Waals surface area contributed by atoms with Gasteiger partial charge in [-0.05, 0) is 78.6 Å². The third-order valence-electron chi connectivity index (χ3n) is 7.34. The molecule has 0 aliphatic rings. The molecule has 0 radical (unpaired) electrons. The van der Waals surface area contributed by atoms with Gasteiger partial charge in [-0.1, -0.05) is 61.4 Å². The van der Waals surface area contributed by atoms with Gasteiger partial charge in [0.2, 0.25) is 0 Å².